The zero-order valence-corrected chi connectivity index (χ0v) is 14.5. The van der Waals surface area contributed by atoms with Crippen molar-refractivity contribution in [3.05, 3.63) is 36.0 Å². The minimum Gasteiger partial charge on any atom is -0.353 e. The van der Waals surface area contributed by atoms with Crippen molar-refractivity contribution >= 4 is 23.5 Å². The van der Waals surface area contributed by atoms with Crippen molar-refractivity contribution in [1.29, 1.82) is 5.26 Å². The Labute approximate surface area is 149 Å². The Morgan fingerprint density at radius 3 is 3.08 bits per heavy atom. The van der Waals surface area contributed by atoms with E-state index >= 15 is 0 Å². The van der Waals surface area contributed by atoms with Crippen LogP contribution in [0.4, 0.5) is 5.82 Å². The number of hydrogen-bond donors (Lipinski definition) is 1. The van der Waals surface area contributed by atoms with Crippen molar-refractivity contribution in [1.82, 2.24) is 25.3 Å². The van der Waals surface area contributed by atoms with E-state index in [1.807, 2.05) is 11.2 Å². The van der Waals surface area contributed by atoms with Gasteiger partial charge in [-0.3, -0.25) is 4.79 Å². The van der Waals surface area contributed by atoms with Crippen LogP contribution in [-0.2, 0) is 0 Å². The first kappa shape index (κ1) is 17.1. The molecule has 0 bridgehead atoms. The van der Waals surface area contributed by atoms with Gasteiger partial charge in [-0.25, -0.2) is 19.9 Å². The van der Waals surface area contributed by atoms with E-state index < -0.39 is 0 Å². The van der Waals surface area contributed by atoms with Gasteiger partial charge >= 0.3 is 0 Å². The number of nitrogens with zero attached hydrogens (tertiary/aromatic N) is 6. The molecule has 0 radical (unpaired) electrons. The van der Waals surface area contributed by atoms with Crippen molar-refractivity contribution in [2.45, 2.75) is 24.0 Å². The predicted molar refractivity (Wildman–Crippen MR) is 93.3 cm³/mol. The van der Waals surface area contributed by atoms with Crippen LogP contribution in [0.15, 0.2) is 29.9 Å². The largest absolute Gasteiger partial charge is 0.353 e. The van der Waals surface area contributed by atoms with Gasteiger partial charge in [-0.2, -0.15) is 5.26 Å². The molecule has 1 atom stereocenters. The number of hydrogen-bond acceptors (Lipinski definition) is 8. The Morgan fingerprint density at radius 1 is 1.48 bits per heavy atom. The molecule has 3 heterocycles. The zero-order chi connectivity index (χ0) is 17.6. The second-order valence-electron chi connectivity index (χ2n) is 5.56. The van der Waals surface area contributed by atoms with Gasteiger partial charge in [0.15, 0.2) is 11.0 Å². The Kier molecular flexibility index (Phi) is 5.40. The predicted octanol–water partition coefficient (Wildman–Crippen LogP) is 1.26. The molecular weight excluding hydrogens is 338 g/mol. The number of thioether (sulfide) groups is 1. The fourth-order valence-corrected chi connectivity index (χ4v) is 3.08. The standard InChI is InChI=1S/C16H17N7OS/c1-25-16-19-8-11(7-17)14(22-16)23-6-2-3-12(9-23)21-15(24)13-4-5-18-10-20-13/h4-5,8,10,12H,2-3,6,9H2,1H3,(H,21,24). The van der Waals surface area contributed by atoms with Crippen LogP contribution < -0.4 is 10.2 Å². The average molecular weight is 355 g/mol. The van der Waals surface area contributed by atoms with Gasteiger partial charge in [-0.15, -0.1) is 0 Å². The monoisotopic (exact) mass is 355 g/mol. The lowest BCUT2D eigenvalue weighted by Gasteiger charge is -2.34. The zero-order valence-electron chi connectivity index (χ0n) is 13.7. The van der Waals surface area contributed by atoms with Crippen molar-refractivity contribution in [3.63, 3.8) is 0 Å². The molecule has 1 amide bonds. The molecule has 0 aliphatic carbocycles. The smallest absolute Gasteiger partial charge is 0.270 e. The Hall–Kier alpha value is -2.73. The summed E-state index contributed by atoms with van der Waals surface area (Å²) in [4.78, 5) is 30.7. The Balaban J connectivity index is 1.73. The second-order valence-corrected chi connectivity index (χ2v) is 6.33. The number of carbonyl (C=O) groups excluding carboxylic acids is 1. The second kappa shape index (κ2) is 7.90. The third-order valence-electron chi connectivity index (χ3n) is 3.92. The fourth-order valence-electron chi connectivity index (χ4n) is 2.75. The lowest BCUT2D eigenvalue weighted by atomic mass is 10.0. The van der Waals surface area contributed by atoms with E-state index in [0.29, 0.717) is 28.8 Å². The molecule has 3 rings (SSSR count). The first-order valence-electron chi connectivity index (χ1n) is 7.84. The van der Waals surface area contributed by atoms with Gasteiger partial charge in [0.1, 0.15) is 23.7 Å². The van der Waals surface area contributed by atoms with Crippen molar-refractivity contribution < 1.29 is 4.79 Å². The van der Waals surface area contributed by atoms with Gasteiger partial charge in [0.25, 0.3) is 5.91 Å². The van der Waals surface area contributed by atoms with Gasteiger partial charge < -0.3 is 10.2 Å². The third kappa shape index (κ3) is 4.03. The Bertz CT molecular complexity index is 793. The SMILES string of the molecule is CSc1ncc(C#N)c(N2CCCC(NC(=O)c3ccncn3)C2)n1. The summed E-state index contributed by atoms with van der Waals surface area (Å²) in [6, 6.07) is 3.70. The number of carbonyl (C=O) groups is 1. The van der Waals surface area contributed by atoms with Gasteiger partial charge in [0.2, 0.25) is 0 Å². The number of anilines is 1. The third-order valence-corrected chi connectivity index (χ3v) is 4.48. The van der Waals surface area contributed by atoms with E-state index in [2.05, 4.69) is 31.3 Å². The number of nitriles is 1. The molecule has 1 saturated heterocycles. The van der Waals surface area contributed by atoms with Crippen molar-refractivity contribution in [3.8, 4) is 6.07 Å². The van der Waals surface area contributed by atoms with Crippen LogP contribution >= 0.6 is 11.8 Å². The molecule has 0 spiro atoms. The summed E-state index contributed by atoms with van der Waals surface area (Å²) in [5.74, 6) is 0.407. The maximum Gasteiger partial charge on any atom is 0.270 e. The molecule has 0 saturated carbocycles. The number of aromatic nitrogens is 4. The summed E-state index contributed by atoms with van der Waals surface area (Å²) >= 11 is 1.43. The van der Waals surface area contributed by atoms with Gasteiger partial charge in [-0.05, 0) is 25.2 Å². The summed E-state index contributed by atoms with van der Waals surface area (Å²) in [6.07, 6.45) is 8.11. The quantitative estimate of drug-likeness (QED) is 0.645. The molecule has 2 aromatic heterocycles. The lowest BCUT2D eigenvalue weighted by molar-refractivity contribution is 0.0928. The first-order valence-corrected chi connectivity index (χ1v) is 9.06. The maximum atomic E-state index is 12.3. The summed E-state index contributed by atoms with van der Waals surface area (Å²) < 4.78 is 0. The topological polar surface area (TPSA) is 108 Å². The van der Waals surface area contributed by atoms with Crippen LogP contribution in [0.1, 0.15) is 28.9 Å². The van der Waals surface area contributed by atoms with Crippen LogP contribution in [0.3, 0.4) is 0 Å². The van der Waals surface area contributed by atoms with Crippen molar-refractivity contribution in [2.24, 2.45) is 0 Å². The average Bonchev–Trinajstić information content (AvgIpc) is 2.68. The molecule has 1 unspecified atom stereocenters. The Morgan fingerprint density at radius 2 is 2.36 bits per heavy atom. The van der Waals surface area contributed by atoms with Crippen LogP contribution in [0, 0.1) is 11.3 Å². The van der Waals surface area contributed by atoms with E-state index in [-0.39, 0.29) is 11.9 Å². The van der Waals surface area contributed by atoms with Crippen LogP contribution in [-0.4, -0.2) is 51.2 Å². The van der Waals surface area contributed by atoms with Gasteiger partial charge in [0, 0.05) is 25.3 Å². The molecule has 1 N–H and O–H groups in total. The molecule has 8 nitrogen and oxygen atoms in total. The minimum atomic E-state index is -0.220. The minimum absolute atomic E-state index is 0.0320. The molecule has 2 aromatic rings. The molecule has 25 heavy (non-hydrogen) atoms. The van der Waals surface area contributed by atoms with E-state index in [4.69, 9.17) is 0 Å². The van der Waals surface area contributed by atoms with Gasteiger partial charge in [0.05, 0.1) is 6.20 Å². The van der Waals surface area contributed by atoms with Crippen LogP contribution in [0.2, 0.25) is 0 Å². The molecule has 1 fully saturated rings. The highest BCUT2D eigenvalue weighted by molar-refractivity contribution is 7.98. The summed E-state index contributed by atoms with van der Waals surface area (Å²) in [5, 5.41) is 12.9. The van der Waals surface area contributed by atoms with Crippen LogP contribution in [0.25, 0.3) is 0 Å². The molecule has 1 aliphatic heterocycles. The van der Waals surface area contributed by atoms with E-state index in [1.54, 1.807) is 18.5 Å². The first-order chi connectivity index (χ1) is 12.2. The number of piperidine rings is 1. The summed E-state index contributed by atoms with van der Waals surface area (Å²) in [7, 11) is 0. The number of amides is 1. The molecule has 128 valence electrons. The highest BCUT2D eigenvalue weighted by Gasteiger charge is 2.25. The van der Waals surface area contributed by atoms with Crippen LogP contribution in [0.5, 0.6) is 0 Å². The molecule has 1 aliphatic rings. The van der Waals surface area contributed by atoms with E-state index in [9.17, 15) is 10.1 Å². The molecular formula is C16H17N7OS. The normalized spacial score (nSPS) is 17.0. The molecule has 9 heteroatoms. The van der Waals surface area contributed by atoms with Crippen molar-refractivity contribution in [2.75, 3.05) is 24.2 Å². The summed E-state index contributed by atoms with van der Waals surface area (Å²) in [5.41, 5.74) is 0.789. The lowest BCUT2D eigenvalue weighted by Crippen LogP contribution is -2.48. The fraction of sp³-hybridized carbons (Fsp3) is 0.375. The van der Waals surface area contributed by atoms with Gasteiger partial charge in [-0.1, -0.05) is 11.8 Å². The highest BCUT2D eigenvalue weighted by atomic mass is 32.2. The number of nitrogens with one attached hydrogen (secondary N) is 1. The highest BCUT2D eigenvalue weighted by Crippen LogP contribution is 2.23. The summed E-state index contributed by atoms with van der Waals surface area (Å²) in [6.45, 7) is 1.38. The maximum absolute atomic E-state index is 12.3. The van der Waals surface area contributed by atoms with E-state index in [0.717, 1.165) is 19.4 Å². The number of rotatable bonds is 4. The van der Waals surface area contributed by atoms with E-state index in [1.165, 1.54) is 18.1 Å². The molecule has 0 aromatic carbocycles.